The first-order valence-electron chi connectivity index (χ1n) is 22.0. The Kier molecular flexibility index (Phi) is 15.0. The number of hydrogen-bond donors (Lipinski definition) is 2. The summed E-state index contributed by atoms with van der Waals surface area (Å²) in [4.78, 5) is 17.6. The van der Waals surface area contributed by atoms with Gasteiger partial charge in [0.2, 0.25) is 0 Å². The summed E-state index contributed by atoms with van der Waals surface area (Å²) in [6, 6.07) is 21.8. The molecule has 9 heterocycles. The van der Waals surface area contributed by atoms with E-state index < -0.39 is 63.5 Å². The maximum atomic E-state index is 11.5. The Balaban J connectivity index is 0.00000711. The summed E-state index contributed by atoms with van der Waals surface area (Å²) in [5, 5.41) is 0. The van der Waals surface area contributed by atoms with Gasteiger partial charge in [-0.3, -0.25) is 0 Å². The van der Waals surface area contributed by atoms with Crippen molar-refractivity contribution in [1.82, 2.24) is 19.9 Å². The molecule has 73 heavy (non-hydrogen) atoms. The first-order chi connectivity index (χ1) is 34.1. The Morgan fingerprint density at radius 2 is 0.562 bits per heavy atom. The molecule has 0 atom stereocenters. The molecule has 0 aromatic carbocycles. The number of pyridine rings is 4. The number of rotatable bonds is 16. The van der Waals surface area contributed by atoms with Crippen molar-refractivity contribution in [2.24, 2.45) is 0 Å². The van der Waals surface area contributed by atoms with E-state index >= 15 is 0 Å². The van der Waals surface area contributed by atoms with E-state index in [2.05, 4.69) is 9.97 Å². The van der Waals surface area contributed by atoms with E-state index in [0.29, 0.717) is 89.4 Å². The van der Waals surface area contributed by atoms with E-state index in [9.17, 15) is 51.9 Å². The van der Waals surface area contributed by atoms with Crippen molar-refractivity contribution in [3.63, 3.8) is 0 Å². The van der Waals surface area contributed by atoms with Crippen LogP contribution in [-0.4, -0.2) is 94.8 Å². The Labute approximate surface area is 425 Å². The lowest BCUT2D eigenvalue weighted by Crippen LogP contribution is -2.36. The normalized spacial score (nSPS) is 12.8. The largest absolute Gasteiger partial charge is 0.748 e. The molecule has 2 aliphatic rings. The summed E-state index contributed by atoms with van der Waals surface area (Å²) in [6.07, 6.45) is 20.7. The molecule has 0 saturated heterocycles. The molecule has 2 N–H and O–H groups in total. The van der Waals surface area contributed by atoms with Crippen LogP contribution in [0.25, 0.3) is 90.9 Å². The summed E-state index contributed by atoms with van der Waals surface area (Å²) in [6.45, 7) is -0.269. The van der Waals surface area contributed by atoms with Gasteiger partial charge in [0.05, 0.1) is 45.8 Å². The Hall–Kier alpha value is -6.87. The SMILES string of the molecule is Cl.O=S(=O)([O-])CC[n+]1ccc(-c2c3nc(c(-c4cc[n+](CCS(=O)(=O)[O-])cc4)c4ccc([nH]4)c(-c4cc[n+](CCS(=O)(=O)[O-])cc4)c4ccc([nH]4)c(-c4cc[n+](CCS(=O)(=O)[O-])cc4)c4nc2C=C4)C=C3)cc1. The molecule has 0 fully saturated rings. The highest BCUT2D eigenvalue weighted by molar-refractivity contribution is 7.86. The third-order valence-electron chi connectivity index (χ3n) is 11.9. The number of fused-ring (bicyclic) bond motifs is 8. The van der Waals surface area contributed by atoms with E-state index in [1.54, 1.807) is 116 Å². The highest BCUT2D eigenvalue weighted by Gasteiger charge is 2.22. The van der Waals surface area contributed by atoms with Crippen molar-refractivity contribution < 1.29 is 70.2 Å². The fraction of sp³-hybridized carbons (Fsp3) is 0.167. The van der Waals surface area contributed by atoms with Crippen LogP contribution in [0.5, 0.6) is 0 Å². The summed E-state index contributed by atoms with van der Waals surface area (Å²) in [5.41, 5.74) is 9.85. The van der Waals surface area contributed by atoms with Gasteiger partial charge in [0.25, 0.3) is 0 Å². The molecule has 7 aromatic rings. The van der Waals surface area contributed by atoms with Gasteiger partial charge < -0.3 is 28.2 Å². The van der Waals surface area contributed by atoms with Gasteiger partial charge in [0.1, 0.15) is 40.5 Å². The molecule has 0 saturated carbocycles. The van der Waals surface area contributed by atoms with Crippen LogP contribution in [0.4, 0.5) is 0 Å². The molecule has 0 unspecified atom stereocenters. The fourth-order valence-corrected chi connectivity index (χ4v) is 10.1. The quantitative estimate of drug-likeness (QED) is 0.104. The number of nitrogens with one attached hydrogen (secondary N) is 2. The van der Waals surface area contributed by atoms with Crippen LogP contribution >= 0.6 is 12.4 Å². The van der Waals surface area contributed by atoms with Crippen LogP contribution in [0.2, 0.25) is 0 Å². The van der Waals surface area contributed by atoms with Crippen LogP contribution in [0.15, 0.2) is 122 Å². The van der Waals surface area contributed by atoms with Crippen molar-refractivity contribution in [2.45, 2.75) is 26.2 Å². The van der Waals surface area contributed by atoms with Crippen molar-refractivity contribution in [2.75, 3.05) is 23.0 Å². The maximum Gasteiger partial charge on any atom is 0.169 e. The zero-order valence-electron chi connectivity index (χ0n) is 38.1. The highest BCUT2D eigenvalue weighted by Crippen LogP contribution is 2.38. The van der Waals surface area contributed by atoms with Gasteiger partial charge in [-0.15, -0.1) is 12.4 Å². The minimum Gasteiger partial charge on any atom is -0.748 e. The third-order valence-corrected chi connectivity index (χ3v) is 14.6. The number of hydrogen-bond acceptors (Lipinski definition) is 14. The minimum atomic E-state index is -4.49. The minimum absolute atomic E-state index is 0. The molecule has 20 nitrogen and oxygen atoms in total. The van der Waals surface area contributed by atoms with E-state index in [1.807, 2.05) is 48.6 Å². The van der Waals surface area contributed by atoms with Gasteiger partial charge in [-0.2, -0.15) is 0 Å². The summed E-state index contributed by atoms with van der Waals surface area (Å²) in [7, 11) is -17.9. The Bertz CT molecular complexity index is 3790. The van der Waals surface area contributed by atoms with Gasteiger partial charge in [0.15, 0.2) is 75.8 Å². The molecule has 9 rings (SSSR count). The number of H-pyrrole nitrogens is 2. The predicted octanol–water partition coefficient (Wildman–Crippen LogP) is 3.08. The van der Waals surface area contributed by atoms with E-state index in [4.69, 9.17) is 9.97 Å². The molecule has 2 aliphatic heterocycles. The lowest BCUT2D eigenvalue weighted by molar-refractivity contribution is -0.692. The standard InChI is InChI=1S/C48H42N8O12S4.ClH/c57-69(58,59)29-25-53-17-9-33(10-18-53)45-37-1-2-38(49-37)46(34-11-19-54(20-12-34)26-30-70(60,61)62)40-5-6-42(51-40)48(36-15-23-56(24-16-36)28-32-72(66,67)68)44-8-7-43(52-44)47(41-4-3-39(45)50-41)35-13-21-55(22-14-35)27-31-71(63,64)65;/h1-24H,25-32H2,(H2-3,49,50,51,52,57,58,59,60,61,62,63,64,65,66,67,68);1H. The van der Waals surface area contributed by atoms with Crippen LogP contribution in [0, 0.1) is 0 Å². The smallest absolute Gasteiger partial charge is 0.169 e. The van der Waals surface area contributed by atoms with Gasteiger partial charge in [-0.25, -0.2) is 61.9 Å². The topological polar surface area (TPSA) is 302 Å². The number of aryl methyl sites for hydroxylation is 4. The van der Waals surface area contributed by atoms with E-state index in [1.165, 1.54) is 0 Å². The van der Waals surface area contributed by atoms with Crippen molar-refractivity contribution >= 4 is 99.3 Å². The van der Waals surface area contributed by atoms with E-state index in [0.717, 1.165) is 0 Å². The van der Waals surface area contributed by atoms with Gasteiger partial charge in [0, 0.05) is 92.9 Å². The van der Waals surface area contributed by atoms with Crippen LogP contribution < -0.4 is 18.3 Å². The molecule has 0 amide bonds. The molecular weight excluding hydrogens is 1040 g/mol. The van der Waals surface area contributed by atoms with E-state index in [-0.39, 0.29) is 38.6 Å². The molecule has 0 radical (unpaired) electrons. The summed E-state index contributed by atoms with van der Waals surface area (Å²) < 4.78 is 144. The van der Waals surface area contributed by atoms with Crippen LogP contribution in [0.3, 0.4) is 0 Å². The molecule has 378 valence electrons. The second-order valence-corrected chi connectivity index (χ2v) is 22.9. The molecule has 25 heteroatoms. The first kappa shape index (κ1) is 52.5. The fourth-order valence-electron chi connectivity index (χ4n) is 8.38. The van der Waals surface area contributed by atoms with Crippen LogP contribution in [-0.2, 0) is 66.7 Å². The molecule has 0 aliphatic carbocycles. The Morgan fingerprint density at radius 1 is 0.342 bits per heavy atom. The van der Waals surface area contributed by atoms with Gasteiger partial charge in [-0.05, 0) is 70.8 Å². The Morgan fingerprint density at radius 3 is 0.822 bits per heavy atom. The van der Waals surface area contributed by atoms with Crippen molar-refractivity contribution in [1.29, 1.82) is 0 Å². The zero-order valence-corrected chi connectivity index (χ0v) is 42.2. The van der Waals surface area contributed by atoms with Gasteiger partial charge in [-0.1, -0.05) is 0 Å². The zero-order chi connectivity index (χ0) is 51.0. The third kappa shape index (κ3) is 13.0. The second kappa shape index (κ2) is 20.9. The summed E-state index contributed by atoms with van der Waals surface area (Å²) >= 11 is 0. The highest BCUT2D eigenvalue weighted by atomic mass is 35.5. The molecule has 7 aromatic heterocycles. The second-order valence-electron chi connectivity index (χ2n) is 16.8. The van der Waals surface area contributed by atoms with Crippen LogP contribution in [0.1, 0.15) is 22.8 Å². The first-order valence-corrected chi connectivity index (χ1v) is 28.3. The monoisotopic (exact) mass is 1090 g/mol. The number of aromatic amines is 2. The number of halogens is 1. The maximum absolute atomic E-state index is 11.5. The van der Waals surface area contributed by atoms with Crippen molar-refractivity contribution in [3.05, 3.63) is 145 Å². The number of aromatic nitrogens is 8. The lowest BCUT2D eigenvalue weighted by Gasteiger charge is -2.07. The lowest BCUT2D eigenvalue weighted by atomic mass is 10.0. The van der Waals surface area contributed by atoms with Crippen molar-refractivity contribution in [3.8, 4) is 44.5 Å². The number of nitrogens with zero attached hydrogens (tertiary/aromatic N) is 6. The molecule has 0 spiro atoms. The molecule has 8 bridgehead atoms. The summed E-state index contributed by atoms with van der Waals surface area (Å²) in [5.74, 6) is -2.42. The van der Waals surface area contributed by atoms with Gasteiger partial charge >= 0.3 is 0 Å². The molecular formula is C48H43ClN8O12S4. The average molecular weight is 1090 g/mol. The average Bonchev–Trinajstić information content (AvgIpc) is 4.18. The predicted molar refractivity (Wildman–Crippen MR) is 267 cm³/mol.